The first-order valence-corrected chi connectivity index (χ1v) is 16.9. The Morgan fingerprint density at radius 2 is 1.61 bits per heavy atom. The molecule has 17 heteroatoms. The Hall–Kier alpha value is -3.96. The Labute approximate surface area is 272 Å². The van der Waals surface area contributed by atoms with Crippen LogP contribution in [0.25, 0.3) is 0 Å². The zero-order valence-corrected chi connectivity index (χ0v) is 26.2. The largest absolute Gasteiger partial charge is 0.418 e. The molecule has 3 aromatic carbocycles. The molecule has 3 heterocycles. The molecule has 2 aliphatic heterocycles. The summed E-state index contributed by atoms with van der Waals surface area (Å²) in [5, 5.41) is 7.06. The van der Waals surface area contributed by atoms with E-state index in [-0.39, 0.29) is 15.6 Å². The Kier molecular flexibility index (Phi) is 8.13. The number of nitrogens with two attached hydrogens (primary N) is 1. The standard InChI is InChI=1S/C29H20ClF3N4O6S3/c30-15-7-5-14(6-8-15)21-22-23(26(40)37(25(22)39)19-4-2-1-3-18(19)29(31,32)33)44-27-24(21)45-28(41)36(27)13-20(38)35-16-9-11-17(12-10-16)46(34,42)43/h1-12,21-23H,13H2,(H,35,38)(H2,34,42,43)/t21-,22-,23+/m0/s1. The molecular formula is C29H20ClF3N4O6S3. The quantitative estimate of drug-likeness (QED) is 0.277. The van der Waals surface area contributed by atoms with E-state index in [1.807, 2.05) is 0 Å². The number of imide groups is 1. The molecule has 0 radical (unpaired) electrons. The van der Waals surface area contributed by atoms with Crippen LogP contribution in [0, 0.1) is 5.92 Å². The van der Waals surface area contributed by atoms with Gasteiger partial charge in [0, 0.05) is 21.5 Å². The third-order valence-electron chi connectivity index (χ3n) is 7.50. The molecule has 1 fully saturated rings. The highest BCUT2D eigenvalue weighted by atomic mass is 35.5. The average Bonchev–Trinajstić information content (AvgIpc) is 3.43. The maximum absolute atomic E-state index is 14.0. The van der Waals surface area contributed by atoms with Gasteiger partial charge in [0.2, 0.25) is 27.7 Å². The van der Waals surface area contributed by atoms with Crippen molar-refractivity contribution in [1.29, 1.82) is 0 Å². The molecule has 46 heavy (non-hydrogen) atoms. The van der Waals surface area contributed by atoms with Crippen LogP contribution in [0.5, 0.6) is 0 Å². The van der Waals surface area contributed by atoms with Crippen molar-refractivity contribution in [2.45, 2.75) is 33.8 Å². The minimum Gasteiger partial charge on any atom is -0.325 e. The molecule has 238 valence electrons. The highest BCUT2D eigenvalue weighted by molar-refractivity contribution is 8.00. The summed E-state index contributed by atoms with van der Waals surface area (Å²) in [5.41, 5.74) is -1.02. The summed E-state index contributed by atoms with van der Waals surface area (Å²) in [6.07, 6.45) is -4.85. The highest BCUT2D eigenvalue weighted by Gasteiger charge is 2.57. The number of nitrogens with one attached hydrogen (secondary N) is 1. The second-order valence-corrected chi connectivity index (χ2v) is 14.5. The van der Waals surface area contributed by atoms with Crippen LogP contribution >= 0.6 is 34.7 Å². The zero-order valence-electron chi connectivity index (χ0n) is 23.0. The number of nitrogens with zero attached hydrogens (tertiary/aromatic N) is 2. The third-order valence-corrected chi connectivity index (χ3v) is 11.3. The molecule has 1 saturated heterocycles. The van der Waals surface area contributed by atoms with Crippen LogP contribution in [-0.2, 0) is 37.1 Å². The van der Waals surface area contributed by atoms with E-state index >= 15 is 0 Å². The Morgan fingerprint density at radius 1 is 0.957 bits per heavy atom. The third kappa shape index (κ3) is 5.75. The summed E-state index contributed by atoms with van der Waals surface area (Å²) in [4.78, 5) is 54.3. The van der Waals surface area contributed by atoms with Crippen LogP contribution in [0.1, 0.15) is 21.9 Å². The maximum atomic E-state index is 14.0. The lowest BCUT2D eigenvalue weighted by molar-refractivity contribution is -0.137. The number of para-hydroxylation sites is 1. The van der Waals surface area contributed by atoms with Gasteiger partial charge in [0.25, 0.3) is 0 Å². The molecule has 0 aliphatic carbocycles. The van der Waals surface area contributed by atoms with Gasteiger partial charge in [0.15, 0.2) is 0 Å². The summed E-state index contributed by atoms with van der Waals surface area (Å²) in [6, 6.07) is 15.7. The molecule has 0 bridgehead atoms. The van der Waals surface area contributed by atoms with Crippen LogP contribution in [0.2, 0.25) is 5.02 Å². The van der Waals surface area contributed by atoms with E-state index in [0.717, 1.165) is 45.9 Å². The van der Waals surface area contributed by atoms with Gasteiger partial charge in [-0.3, -0.25) is 23.7 Å². The smallest absolute Gasteiger partial charge is 0.325 e. The first-order valence-electron chi connectivity index (χ1n) is 13.3. The van der Waals surface area contributed by atoms with Crippen molar-refractivity contribution >= 4 is 73.8 Å². The van der Waals surface area contributed by atoms with Crippen molar-refractivity contribution in [3.8, 4) is 0 Å². The van der Waals surface area contributed by atoms with Gasteiger partial charge in [0.05, 0.1) is 27.1 Å². The number of amides is 3. The molecule has 0 unspecified atom stereocenters. The maximum Gasteiger partial charge on any atom is 0.418 e. The summed E-state index contributed by atoms with van der Waals surface area (Å²) in [7, 11) is -3.96. The molecule has 0 saturated carbocycles. The van der Waals surface area contributed by atoms with Crippen LogP contribution < -0.4 is 20.2 Å². The summed E-state index contributed by atoms with van der Waals surface area (Å²) < 4.78 is 66.0. The summed E-state index contributed by atoms with van der Waals surface area (Å²) in [5.74, 6) is -4.47. The van der Waals surface area contributed by atoms with Crippen LogP contribution in [0.4, 0.5) is 24.5 Å². The van der Waals surface area contributed by atoms with Crippen LogP contribution in [-0.4, -0.2) is 36.0 Å². The van der Waals surface area contributed by atoms with Gasteiger partial charge in [-0.2, -0.15) is 13.2 Å². The molecule has 4 aromatic rings. The molecule has 1 aromatic heterocycles. The first kappa shape index (κ1) is 32.0. The average molecular weight is 709 g/mol. The van der Waals surface area contributed by atoms with Crippen molar-refractivity contribution < 1.29 is 36.0 Å². The monoisotopic (exact) mass is 708 g/mol. The Bertz CT molecular complexity index is 2070. The van der Waals surface area contributed by atoms with Crippen molar-refractivity contribution in [3.05, 3.63) is 103 Å². The number of halogens is 4. The molecule has 2 aliphatic rings. The number of alkyl halides is 3. The molecule has 6 rings (SSSR count). The number of thiazole rings is 1. The van der Waals surface area contributed by atoms with Gasteiger partial charge < -0.3 is 5.32 Å². The van der Waals surface area contributed by atoms with Crippen molar-refractivity contribution in [3.63, 3.8) is 0 Å². The fourth-order valence-corrected chi connectivity index (χ4v) is 8.92. The predicted octanol–water partition coefficient (Wildman–Crippen LogP) is 4.66. The van der Waals surface area contributed by atoms with E-state index in [0.29, 0.717) is 20.4 Å². The van der Waals surface area contributed by atoms with E-state index in [2.05, 4.69) is 5.32 Å². The summed E-state index contributed by atoms with van der Waals surface area (Å²) >= 11 is 7.70. The zero-order chi connectivity index (χ0) is 33.1. The molecular weight excluding hydrogens is 689 g/mol. The topological polar surface area (TPSA) is 149 Å². The molecule has 3 N–H and O–H groups in total. The lowest BCUT2D eigenvalue weighted by atomic mass is 9.83. The van der Waals surface area contributed by atoms with Crippen LogP contribution in [0.15, 0.2) is 87.5 Å². The Balaban J connectivity index is 1.39. The number of primary sulfonamides is 1. The number of sulfonamides is 1. The van der Waals surface area contributed by atoms with E-state index in [4.69, 9.17) is 16.7 Å². The SMILES string of the molecule is NS(=O)(=O)c1ccc(NC(=O)Cn2c3c(sc2=O)[C@@H](c2ccc(Cl)cc2)[C@@H]2C(=O)N(c4ccccc4C(F)(F)F)C(=O)[C@@H]2S3)cc1. The van der Waals surface area contributed by atoms with E-state index in [9.17, 15) is 40.8 Å². The van der Waals surface area contributed by atoms with Gasteiger partial charge in [0.1, 0.15) is 11.8 Å². The number of hydrogen-bond donors (Lipinski definition) is 2. The predicted molar refractivity (Wildman–Crippen MR) is 165 cm³/mol. The number of hydrogen-bond acceptors (Lipinski definition) is 8. The fourth-order valence-electron chi connectivity index (χ4n) is 5.50. The van der Waals surface area contributed by atoms with Gasteiger partial charge in [-0.05, 0) is 54.1 Å². The van der Waals surface area contributed by atoms with E-state index in [1.165, 1.54) is 30.3 Å². The van der Waals surface area contributed by atoms with Crippen molar-refractivity contribution in [2.24, 2.45) is 11.1 Å². The number of thioether (sulfide) groups is 1. The normalized spacial score (nSPS) is 19.6. The Morgan fingerprint density at radius 3 is 2.24 bits per heavy atom. The number of benzene rings is 3. The molecule has 3 atom stereocenters. The van der Waals surface area contributed by atoms with E-state index in [1.54, 1.807) is 24.3 Å². The highest BCUT2D eigenvalue weighted by Crippen LogP contribution is 2.54. The second-order valence-electron chi connectivity index (χ2n) is 10.4. The number of fused-ring (bicyclic) bond motifs is 2. The van der Waals surface area contributed by atoms with Crippen molar-refractivity contribution in [1.82, 2.24) is 4.57 Å². The minimum absolute atomic E-state index is 0.171. The summed E-state index contributed by atoms with van der Waals surface area (Å²) in [6.45, 7) is -0.512. The molecule has 3 amide bonds. The number of aromatic nitrogens is 1. The number of anilines is 2. The van der Waals surface area contributed by atoms with Crippen molar-refractivity contribution in [2.75, 3.05) is 10.2 Å². The molecule has 0 spiro atoms. The number of carbonyl (C=O) groups excluding carboxylic acids is 3. The second kappa shape index (κ2) is 11.7. The minimum atomic E-state index is -4.85. The van der Waals surface area contributed by atoms with Crippen LogP contribution in [0.3, 0.4) is 0 Å². The lowest BCUT2D eigenvalue weighted by Crippen LogP contribution is -2.33. The lowest BCUT2D eigenvalue weighted by Gasteiger charge is -2.30. The van der Waals surface area contributed by atoms with E-state index < -0.39 is 73.7 Å². The molecule has 10 nitrogen and oxygen atoms in total. The van der Waals surface area contributed by atoms with Gasteiger partial charge in [-0.15, -0.1) is 0 Å². The van der Waals surface area contributed by atoms with Gasteiger partial charge in [-0.25, -0.2) is 18.5 Å². The first-order chi connectivity index (χ1) is 21.6. The number of carbonyl (C=O) groups is 3. The number of rotatable bonds is 6. The van der Waals surface area contributed by atoms with Gasteiger partial charge >= 0.3 is 11.0 Å². The van der Waals surface area contributed by atoms with Gasteiger partial charge in [-0.1, -0.05) is 59.0 Å². The fraction of sp³-hybridized carbons (Fsp3) is 0.172.